The number of aromatic nitrogens is 1. The van der Waals surface area contributed by atoms with Crippen LogP contribution in [-0.2, 0) is 18.0 Å². The lowest BCUT2D eigenvalue weighted by atomic mass is 9.96. The van der Waals surface area contributed by atoms with Gasteiger partial charge in [-0.3, -0.25) is 0 Å². The van der Waals surface area contributed by atoms with Gasteiger partial charge in [-0.15, -0.1) is 0 Å². The molecule has 0 radical (unpaired) electrons. The Morgan fingerprint density at radius 2 is 1.72 bits per heavy atom. The molecule has 0 amide bonds. The van der Waals surface area contributed by atoms with Gasteiger partial charge in [-0.1, -0.05) is 42.5 Å². The largest absolute Gasteiger partial charge is 0.461 e. The minimum atomic E-state index is -4.47. The molecular formula is C22H17F3N2O2. The standard InChI is InChI=1S/C22H17F3N2O2/c1-4-29-21(28)20-19(18(26-2)13-27(20)3)15-11-9-14(10-12-15)16-7-5-6-8-17(16)22(23,24)25/h5-13H,4H2,1,3H3. The SMILES string of the molecule is [C-]#[N+]c1cn(C)c(C(=O)OCC)c1-c1ccc(-c2ccccc2C(F)(F)F)cc1. The molecule has 0 atom stereocenters. The van der Waals surface area contributed by atoms with E-state index >= 15 is 0 Å². The summed E-state index contributed by atoms with van der Waals surface area (Å²) in [6.07, 6.45) is -2.94. The summed E-state index contributed by atoms with van der Waals surface area (Å²) < 4.78 is 46.5. The summed E-state index contributed by atoms with van der Waals surface area (Å²) in [5, 5.41) is 0. The number of rotatable bonds is 4. The molecule has 1 heterocycles. The molecule has 148 valence electrons. The highest BCUT2D eigenvalue weighted by molar-refractivity contribution is 6.00. The molecule has 3 rings (SSSR count). The molecule has 3 aromatic rings. The number of alkyl halides is 3. The van der Waals surface area contributed by atoms with Crippen molar-refractivity contribution in [2.24, 2.45) is 7.05 Å². The zero-order valence-electron chi connectivity index (χ0n) is 15.7. The molecule has 0 fully saturated rings. The Bertz CT molecular complexity index is 1090. The molecule has 0 aliphatic rings. The summed E-state index contributed by atoms with van der Waals surface area (Å²) in [5.41, 5.74) is 1.17. The summed E-state index contributed by atoms with van der Waals surface area (Å²) in [7, 11) is 1.64. The van der Waals surface area contributed by atoms with Crippen LogP contribution in [-0.4, -0.2) is 17.1 Å². The number of carbonyl (C=O) groups excluding carboxylic acids is 1. The molecule has 2 aromatic carbocycles. The van der Waals surface area contributed by atoms with E-state index in [1.165, 1.54) is 22.9 Å². The summed E-state index contributed by atoms with van der Waals surface area (Å²) in [4.78, 5) is 15.8. The molecule has 7 heteroatoms. The zero-order valence-corrected chi connectivity index (χ0v) is 15.7. The topological polar surface area (TPSA) is 35.6 Å². The maximum Gasteiger partial charge on any atom is 0.417 e. The van der Waals surface area contributed by atoms with E-state index in [0.717, 1.165) is 6.07 Å². The summed E-state index contributed by atoms with van der Waals surface area (Å²) >= 11 is 0. The molecule has 0 saturated carbocycles. The van der Waals surface area contributed by atoms with Gasteiger partial charge in [-0.2, -0.15) is 13.2 Å². The summed E-state index contributed by atoms with van der Waals surface area (Å²) in [6, 6.07) is 11.7. The van der Waals surface area contributed by atoms with Crippen molar-refractivity contribution in [2.45, 2.75) is 13.1 Å². The number of benzene rings is 2. The predicted molar refractivity (Wildman–Crippen MR) is 104 cm³/mol. The minimum Gasteiger partial charge on any atom is -0.461 e. The van der Waals surface area contributed by atoms with E-state index in [0.29, 0.717) is 16.7 Å². The van der Waals surface area contributed by atoms with Crippen molar-refractivity contribution in [1.29, 1.82) is 0 Å². The second-order valence-corrected chi connectivity index (χ2v) is 6.30. The fourth-order valence-corrected chi connectivity index (χ4v) is 3.22. The van der Waals surface area contributed by atoms with Crippen LogP contribution in [0.1, 0.15) is 23.0 Å². The number of ether oxygens (including phenoxy) is 1. The third kappa shape index (κ3) is 3.87. The quantitative estimate of drug-likeness (QED) is 0.393. The van der Waals surface area contributed by atoms with Gasteiger partial charge < -0.3 is 9.30 Å². The van der Waals surface area contributed by atoms with Crippen LogP contribution < -0.4 is 0 Å². The molecule has 0 saturated heterocycles. The van der Waals surface area contributed by atoms with Gasteiger partial charge in [0.05, 0.1) is 18.7 Å². The molecular weight excluding hydrogens is 381 g/mol. The van der Waals surface area contributed by atoms with Crippen LogP contribution >= 0.6 is 0 Å². The number of halogens is 3. The van der Waals surface area contributed by atoms with Crippen LogP contribution in [0.25, 0.3) is 27.1 Å². The van der Waals surface area contributed by atoms with Crippen molar-refractivity contribution in [1.82, 2.24) is 4.57 Å². The first-order valence-corrected chi connectivity index (χ1v) is 8.78. The Balaban J connectivity index is 2.10. The second kappa shape index (κ2) is 7.84. The van der Waals surface area contributed by atoms with Gasteiger partial charge in [0, 0.05) is 18.8 Å². The van der Waals surface area contributed by atoms with E-state index < -0.39 is 17.7 Å². The Kier molecular flexibility index (Phi) is 5.46. The van der Waals surface area contributed by atoms with Crippen molar-refractivity contribution in [3.05, 3.63) is 77.4 Å². The third-order valence-corrected chi connectivity index (χ3v) is 4.47. The lowest BCUT2D eigenvalue weighted by molar-refractivity contribution is -0.137. The summed E-state index contributed by atoms with van der Waals surface area (Å²) in [5.74, 6) is -0.564. The van der Waals surface area contributed by atoms with Crippen LogP contribution in [0.2, 0.25) is 0 Å². The maximum absolute atomic E-state index is 13.3. The number of hydrogen-bond acceptors (Lipinski definition) is 2. The Hall–Kier alpha value is -3.53. The van der Waals surface area contributed by atoms with Gasteiger partial charge in [-0.25, -0.2) is 9.64 Å². The van der Waals surface area contributed by atoms with Gasteiger partial charge in [0.2, 0.25) is 5.69 Å². The Morgan fingerprint density at radius 1 is 1.10 bits per heavy atom. The van der Waals surface area contributed by atoms with Crippen LogP contribution in [0.3, 0.4) is 0 Å². The van der Waals surface area contributed by atoms with E-state index in [1.807, 2.05) is 0 Å². The van der Waals surface area contributed by atoms with Crippen molar-refractivity contribution in [3.8, 4) is 22.3 Å². The van der Waals surface area contributed by atoms with Gasteiger partial charge in [0.25, 0.3) is 0 Å². The average Bonchev–Trinajstić information content (AvgIpc) is 3.04. The van der Waals surface area contributed by atoms with Gasteiger partial charge in [0.15, 0.2) is 0 Å². The highest BCUT2D eigenvalue weighted by Crippen LogP contribution is 2.39. The Labute approximate surface area is 166 Å². The fraction of sp³-hybridized carbons (Fsp3) is 0.182. The van der Waals surface area contributed by atoms with Crippen molar-refractivity contribution in [2.75, 3.05) is 6.61 Å². The lowest BCUT2D eigenvalue weighted by Gasteiger charge is -2.13. The van der Waals surface area contributed by atoms with Crippen LogP contribution in [0.4, 0.5) is 18.9 Å². The van der Waals surface area contributed by atoms with E-state index in [9.17, 15) is 18.0 Å². The molecule has 0 spiro atoms. The molecule has 0 unspecified atom stereocenters. The number of carbonyl (C=O) groups is 1. The van der Waals surface area contributed by atoms with Crippen molar-refractivity contribution in [3.63, 3.8) is 0 Å². The van der Waals surface area contributed by atoms with Gasteiger partial charge in [0.1, 0.15) is 5.69 Å². The zero-order chi connectivity index (χ0) is 21.2. The predicted octanol–water partition coefficient (Wildman–Crippen LogP) is 6.11. The third-order valence-electron chi connectivity index (χ3n) is 4.47. The minimum absolute atomic E-state index is 0.0654. The number of nitrogens with zero attached hydrogens (tertiary/aromatic N) is 2. The highest BCUT2D eigenvalue weighted by atomic mass is 19.4. The van der Waals surface area contributed by atoms with Crippen molar-refractivity contribution >= 4 is 11.7 Å². The molecule has 0 bridgehead atoms. The second-order valence-electron chi connectivity index (χ2n) is 6.30. The van der Waals surface area contributed by atoms with Gasteiger partial charge >= 0.3 is 12.1 Å². The van der Waals surface area contributed by atoms with Crippen LogP contribution in [0, 0.1) is 6.57 Å². The molecule has 0 aliphatic heterocycles. The number of esters is 1. The van der Waals surface area contributed by atoms with E-state index in [-0.39, 0.29) is 23.6 Å². The highest BCUT2D eigenvalue weighted by Gasteiger charge is 2.33. The molecule has 0 aliphatic carbocycles. The first-order chi connectivity index (χ1) is 13.8. The smallest absolute Gasteiger partial charge is 0.417 e. The van der Waals surface area contributed by atoms with E-state index in [1.54, 1.807) is 44.3 Å². The molecule has 4 nitrogen and oxygen atoms in total. The number of hydrogen-bond donors (Lipinski definition) is 0. The first-order valence-electron chi connectivity index (χ1n) is 8.78. The summed E-state index contributed by atoms with van der Waals surface area (Å²) in [6.45, 7) is 9.26. The van der Waals surface area contributed by atoms with Crippen LogP contribution in [0.15, 0.2) is 54.7 Å². The average molecular weight is 398 g/mol. The van der Waals surface area contributed by atoms with E-state index in [2.05, 4.69) is 4.85 Å². The normalized spacial score (nSPS) is 11.2. The first kappa shape index (κ1) is 20.2. The monoisotopic (exact) mass is 398 g/mol. The van der Waals surface area contributed by atoms with Crippen molar-refractivity contribution < 1.29 is 22.7 Å². The van der Waals surface area contributed by atoms with Crippen LogP contribution in [0.5, 0.6) is 0 Å². The Morgan fingerprint density at radius 3 is 2.31 bits per heavy atom. The van der Waals surface area contributed by atoms with Gasteiger partial charge in [-0.05, 0) is 29.7 Å². The fourth-order valence-electron chi connectivity index (χ4n) is 3.22. The molecule has 0 N–H and O–H groups in total. The molecule has 29 heavy (non-hydrogen) atoms. The number of aryl methyl sites for hydroxylation is 1. The lowest BCUT2D eigenvalue weighted by Crippen LogP contribution is -2.10. The molecule has 1 aromatic heterocycles. The maximum atomic E-state index is 13.3. The van der Waals surface area contributed by atoms with E-state index in [4.69, 9.17) is 11.3 Å².